The Morgan fingerprint density at radius 1 is 1.37 bits per heavy atom. The first-order valence-corrected chi connectivity index (χ1v) is 9.47. The molecule has 2 amide bonds. The Kier molecular flexibility index (Phi) is 6.50. The Morgan fingerprint density at radius 2 is 2.07 bits per heavy atom. The van der Waals surface area contributed by atoms with Gasteiger partial charge in [0.15, 0.2) is 0 Å². The van der Waals surface area contributed by atoms with E-state index in [9.17, 15) is 22.8 Å². The topological polar surface area (TPSA) is 85.7 Å². The number of carbonyl (C=O) groups is 2. The van der Waals surface area contributed by atoms with Crippen molar-refractivity contribution >= 4 is 23.4 Å². The number of allylic oxidation sites excluding steroid dienone is 1. The molecule has 160 valence electrons. The molecule has 2 saturated heterocycles. The van der Waals surface area contributed by atoms with Gasteiger partial charge in [0, 0.05) is 18.7 Å². The summed E-state index contributed by atoms with van der Waals surface area (Å²) in [6.45, 7) is 2.70. The monoisotopic (exact) mass is 422 g/mol. The highest BCUT2D eigenvalue weighted by Crippen LogP contribution is 2.30. The molecule has 1 N–H and O–H groups in total. The molecule has 0 aliphatic carbocycles. The van der Waals surface area contributed by atoms with E-state index in [1.807, 2.05) is 10.2 Å². The molecule has 2 aliphatic heterocycles. The summed E-state index contributed by atoms with van der Waals surface area (Å²) in [5.74, 6) is -1.94. The fraction of sp³-hybridized carbons (Fsp3) is 0.450. The Morgan fingerprint density at radius 3 is 2.67 bits per heavy atom. The zero-order valence-corrected chi connectivity index (χ0v) is 16.3. The summed E-state index contributed by atoms with van der Waals surface area (Å²) >= 11 is 0. The van der Waals surface area contributed by atoms with Gasteiger partial charge in [0.2, 0.25) is 0 Å². The van der Waals surface area contributed by atoms with Crippen LogP contribution in [-0.2, 0) is 9.53 Å². The molecule has 0 spiro atoms. The lowest BCUT2D eigenvalue weighted by Gasteiger charge is -2.31. The minimum absolute atomic E-state index is 0.00639. The van der Waals surface area contributed by atoms with Gasteiger partial charge in [-0.2, -0.15) is 14.0 Å². The van der Waals surface area contributed by atoms with Crippen molar-refractivity contribution in [2.75, 3.05) is 36.0 Å². The molecular formula is C20H21F3N4O3. The number of nitrogens with zero attached hydrogens (tertiary/aromatic N) is 3. The average Bonchev–Trinajstić information content (AvgIpc) is 3.12. The second kappa shape index (κ2) is 9.07. The molecule has 1 unspecified atom stereocenters. The van der Waals surface area contributed by atoms with E-state index < -0.39 is 30.3 Å². The molecule has 0 bridgehead atoms. The van der Waals surface area contributed by atoms with Gasteiger partial charge in [-0.05, 0) is 38.0 Å². The molecule has 3 rings (SSSR count). The van der Waals surface area contributed by atoms with E-state index in [1.165, 1.54) is 11.0 Å². The smallest absolute Gasteiger partial charge is 0.414 e. The van der Waals surface area contributed by atoms with Gasteiger partial charge in [0.25, 0.3) is 5.91 Å². The molecular weight excluding hydrogens is 401 g/mol. The van der Waals surface area contributed by atoms with Gasteiger partial charge < -0.3 is 15.0 Å². The Labute approximate surface area is 171 Å². The molecule has 1 aromatic rings. The number of carbonyl (C=O) groups excluding carboxylic acids is 2. The van der Waals surface area contributed by atoms with Crippen molar-refractivity contribution in [3.05, 3.63) is 35.2 Å². The molecule has 2 aliphatic rings. The van der Waals surface area contributed by atoms with E-state index in [4.69, 9.17) is 10.00 Å². The number of nitriles is 1. The summed E-state index contributed by atoms with van der Waals surface area (Å²) in [6.07, 6.45) is -3.32. The third-order valence-corrected chi connectivity index (χ3v) is 5.22. The first kappa shape index (κ1) is 21.5. The number of hydrogen-bond donors (Lipinski definition) is 1. The summed E-state index contributed by atoms with van der Waals surface area (Å²) in [4.78, 5) is 26.1. The number of halogens is 3. The van der Waals surface area contributed by atoms with Crippen molar-refractivity contribution in [2.45, 2.75) is 32.3 Å². The highest BCUT2D eigenvalue weighted by Gasteiger charge is 2.33. The molecule has 0 saturated carbocycles. The van der Waals surface area contributed by atoms with Gasteiger partial charge in [-0.25, -0.2) is 9.18 Å². The lowest BCUT2D eigenvalue weighted by Crippen LogP contribution is -2.37. The van der Waals surface area contributed by atoms with Crippen molar-refractivity contribution in [1.82, 2.24) is 5.32 Å². The van der Waals surface area contributed by atoms with E-state index >= 15 is 0 Å². The number of anilines is 2. The molecule has 1 aromatic carbocycles. The van der Waals surface area contributed by atoms with Gasteiger partial charge in [-0.1, -0.05) is 5.57 Å². The van der Waals surface area contributed by atoms with Crippen LogP contribution in [0.4, 0.5) is 29.3 Å². The largest absolute Gasteiger partial charge is 0.442 e. The average molecular weight is 422 g/mol. The number of piperidine rings is 1. The first-order chi connectivity index (χ1) is 14.3. The number of rotatable bonds is 5. The van der Waals surface area contributed by atoms with Crippen LogP contribution in [0.15, 0.2) is 29.3 Å². The standard InChI is InChI=1S/C20H21F3N4O3/c1-12(9-24)13-4-6-26(7-5-13)17-3-2-14(8-16(17)21)27-11-15(30-20(27)29)10-25-19(28)18(22)23/h2-3,8,15,18H,4-7,10-11H2,1H3,(H,25,28). The summed E-state index contributed by atoms with van der Waals surface area (Å²) in [5, 5.41) is 11.0. The Hall–Kier alpha value is -3.22. The lowest BCUT2D eigenvalue weighted by atomic mass is 9.99. The molecule has 30 heavy (non-hydrogen) atoms. The van der Waals surface area contributed by atoms with Gasteiger partial charge >= 0.3 is 12.5 Å². The summed E-state index contributed by atoms with van der Waals surface area (Å²) in [7, 11) is 0. The predicted octanol–water partition coefficient (Wildman–Crippen LogP) is 2.97. The second-order valence-electron chi connectivity index (χ2n) is 7.13. The van der Waals surface area contributed by atoms with E-state index in [0.717, 1.165) is 5.57 Å². The van der Waals surface area contributed by atoms with Crippen molar-refractivity contribution in [3.63, 3.8) is 0 Å². The van der Waals surface area contributed by atoms with Crippen molar-refractivity contribution in [1.29, 1.82) is 5.26 Å². The highest BCUT2D eigenvalue weighted by molar-refractivity contribution is 5.90. The minimum Gasteiger partial charge on any atom is -0.442 e. The normalized spacial score (nSPS) is 19.0. The maximum absolute atomic E-state index is 14.8. The van der Waals surface area contributed by atoms with Crippen LogP contribution >= 0.6 is 0 Å². The molecule has 0 radical (unpaired) electrons. The zero-order valence-electron chi connectivity index (χ0n) is 16.3. The van der Waals surface area contributed by atoms with Crippen LogP contribution in [-0.4, -0.2) is 50.7 Å². The molecule has 10 heteroatoms. The van der Waals surface area contributed by atoms with Crippen LogP contribution < -0.4 is 15.1 Å². The van der Waals surface area contributed by atoms with Gasteiger partial charge in [-0.3, -0.25) is 9.69 Å². The van der Waals surface area contributed by atoms with Crippen LogP contribution in [0.25, 0.3) is 0 Å². The third-order valence-electron chi connectivity index (χ3n) is 5.22. The lowest BCUT2D eigenvalue weighted by molar-refractivity contribution is -0.132. The van der Waals surface area contributed by atoms with Crippen LogP contribution in [0.5, 0.6) is 0 Å². The quantitative estimate of drug-likeness (QED) is 0.738. The molecule has 2 fully saturated rings. The van der Waals surface area contributed by atoms with Gasteiger partial charge in [0.05, 0.1) is 30.5 Å². The van der Waals surface area contributed by atoms with Crippen LogP contribution in [0.3, 0.4) is 0 Å². The van der Waals surface area contributed by atoms with Crippen molar-refractivity contribution in [3.8, 4) is 6.07 Å². The van der Waals surface area contributed by atoms with Crippen LogP contribution in [0.1, 0.15) is 19.8 Å². The summed E-state index contributed by atoms with van der Waals surface area (Å²) in [6, 6.07) is 6.54. The number of alkyl halides is 2. The number of cyclic esters (lactones) is 1. The first-order valence-electron chi connectivity index (χ1n) is 9.47. The maximum Gasteiger partial charge on any atom is 0.414 e. The van der Waals surface area contributed by atoms with E-state index in [1.54, 1.807) is 19.1 Å². The second-order valence-corrected chi connectivity index (χ2v) is 7.13. The summed E-state index contributed by atoms with van der Waals surface area (Å²) < 4.78 is 44.3. The van der Waals surface area contributed by atoms with Crippen molar-refractivity contribution in [2.24, 2.45) is 0 Å². The van der Waals surface area contributed by atoms with Crippen LogP contribution in [0, 0.1) is 17.1 Å². The number of hydrogen-bond acceptors (Lipinski definition) is 5. The number of ether oxygens (including phenoxy) is 1. The fourth-order valence-corrected chi connectivity index (χ4v) is 3.52. The van der Waals surface area contributed by atoms with Gasteiger partial charge in [0.1, 0.15) is 11.9 Å². The predicted molar refractivity (Wildman–Crippen MR) is 103 cm³/mol. The van der Waals surface area contributed by atoms with Crippen molar-refractivity contribution < 1.29 is 27.5 Å². The highest BCUT2D eigenvalue weighted by atomic mass is 19.3. The Balaban J connectivity index is 1.64. The van der Waals surface area contributed by atoms with Gasteiger partial charge in [-0.15, -0.1) is 0 Å². The SMILES string of the molecule is CC(C#N)=C1CCN(c2ccc(N3CC(CNC(=O)C(F)F)OC3=O)cc2F)CC1. The maximum atomic E-state index is 14.8. The van der Waals surface area contributed by atoms with Crippen LogP contribution in [0.2, 0.25) is 0 Å². The minimum atomic E-state index is -3.15. The van der Waals surface area contributed by atoms with E-state index in [2.05, 4.69) is 6.07 Å². The molecule has 7 nitrogen and oxygen atoms in total. The zero-order chi connectivity index (χ0) is 21.8. The summed E-state index contributed by atoms with van der Waals surface area (Å²) in [5.41, 5.74) is 2.47. The Bertz CT molecular complexity index is 903. The number of amides is 2. The van der Waals surface area contributed by atoms with E-state index in [-0.39, 0.29) is 18.8 Å². The third kappa shape index (κ3) is 4.67. The number of nitrogens with one attached hydrogen (secondary N) is 1. The number of benzene rings is 1. The molecule has 1 atom stereocenters. The fourth-order valence-electron chi connectivity index (χ4n) is 3.52. The molecule has 2 heterocycles. The van der Waals surface area contributed by atoms with E-state index in [0.29, 0.717) is 37.2 Å². The molecule has 0 aromatic heterocycles.